The number of thioether (sulfide) groups is 1. The lowest BCUT2D eigenvalue weighted by Gasteiger charge is -2.09. The van der Waals surface area contributed by atoms with Gasteiger partial charge in [-0.15, -0.1) is 11.3 Å². The number of aromatic nitrogens is 1. The number of thiazole rings is 1. The van der Waals surface area contributed by atoms with Gasteiger partial charge in [-0.25, -0.2) is 4.98 Å². The van der Waals surface area contributed by atoms with E-state index >= 15 is 0 Å². The maximum Gasteiger partial charge on any atom is 0.230 e. The van der Waals surface area contributed by atoms with Gasteiger partial charge < -0.3 is 10.1 Å². The number of nitrogens with zero attached hydrogens (tertiary/aromatic N) is 2. The number of rotatable bonds is 7. The zero-order valence-corrected chi connectivity index (χ0v) is 18.0. The number of carbonyl (C=O) groups excluding carboxylic acids is 1. The van der Waals surface area contributed by atoms with Gasteiger partial charge in [0, 0.05) is 24.4 Å². The van der Waals surface area contributed by atoms with Gasteiger partial charge in [-0.3, -0.25) is 9.79 Å². The minimum absolute atomic E-state index is 0.0120. The predicted octanol–water partition coefficient (Wildman–Crippen LogP) is 5.09. The Morgan fingerprint density at radius 1 is 1.34 bits per heavy atom. The number of hydrogen-bond acceptors (Lipinski definition) is 6. The minimum Gasteiger partial charge on any atom is -0.376 e. The van der Waals surface area contributed by atoms with Crippen molar-refractivity contribution < 1.29 is 9.53 Å². The second-order valence-electron chi connectivity index (χ2n) is 6.67. The van der Waals surface area contributed by atoms with Gasteiger partial charge in [-0.05, 0) is 48.7 Å². The van der Waals surface area contributed by atoms with Gasteiger partial charge >= 0.3 is 0 Å². The van der Waals surface area contributed by atoms with Crippen molar-refractivity contribution in [3.05, 3.63) is 53.1 Å². The van der Waals surface area contributed by atoms with Crippen LogP contribution < -0.4 is 5.32 Å². The summed E-state index contributed by atoms with van der Waals surface area (Å²) in [6.07, 6.45) is 4.08. The highest BCUT2D eigenvalue weighted by molar-refractivity contribution is 8.01. The Morgan fingerprint density at radius 2 is 2.21 bits per heavy atom. The van der Waals surface area contributed by atoms with Crippen molar-refractivity contribution in [1.29, 1.82) is 0 Å². The molecule has 0 unspecified atom stereocenters. The summed E-state index contributed by atoms with van der Waals surface area (Å²) in [5.41, 5.74) is 2.77. The third kappa shape index (κ3) is 5.79. The first kappa shape index (κ1) is 20.3. The van der Waals surface area contributed by atoms with Crippen LogP contribution in [0.4, 0.5) is 5.69 Å². The number of hydrogen-bond donors (Lipinski definition) is 1. The Balaban J connectivity index is 1.34. The summed E-state index contributed by atoms with van der Waals surface area (Å²) in [6, 6.07) is 13.5. The third-order valence-corrected chi connectivity index (χ3v) is 6.88. The van der Waals surface area contributed by atoms with Gasteiger partial charge in [0.2, 0.25) is 5.91 Å². The van der Waals surface area contributed by atoms with Crippen LogP contribution in [0.5, 0.6) is 0 Å². The highest BCUT2D eigenvalue weighted by atomic mass is 35.5. The van der Waals surface area contributed by atoms with E-state index in [0.717, 1.165) is 45.3 Å². The molecule has 2 heterocycles. The molecule has 0 radical (unpaired) electrons. The molecule has 1 aromatic heterocycles. The van der Waals surface area contributed by atoms with Crippen molar-refractivity contribution in [1.82, 2.24) is 10.3 Å². The average molecular weight is 446 g/mol. The molecule has 1 atom stereocenters. The monoisotopic (exact) mass is 445 g/mol. The Labute approximate surface area is 182 Å². The lowest BCUT2D eigenvalue weighted by molar-refractivity contribution is -0.119. The summed E-state index contributed by atoms with van der Waals surface area (Å²) in [4.78, 5) is 21.2. The molecule has 2 aromatic carbocycles. The first-order chi connectivity index (χ1) is 14.2. The van der Waals surface area contributed by atoms with Crippen LogP contribution in [-0.2, 0) is 9.53 Å². The van der Waals surface area contributed by atoms with Crippen LogP contribution >= 0.6 is 34.7 Å². The number of nitrogens with one attached hydrogen (secondary N) is 1. The molecule has 1 fully saturated rings. The number of aliphatic imine (C=N–C) groups is 1. The standard InChI is InChI=1S/C21H20ClN3O2S2/c22-15-5-3-14(4-6-15)11-23-16-7-8-18-19(10-16)29-21(25-18)28-13-20(26)24-12-17-2-1-9-27-17/h3-8,10-11,17H,1-2,9,12-13H2,(H,24,26)/t17-/m1/s1. The van der Waals surface area contributed by atoms with Crippen molar-refractivity contribution in [2.24, 2.45) is 4.99 Å². The molecule has 1 N–H and O–H groups in total. The normalized spacial score (nSPS) is 16.7. The number of amides is 1. The number of halogens is 1. The Hall–Kier alpha value is -1.93. The number of carbonyl (C=O) groups is 1. The van der Waals surface area contributed by atoms with E-state index in [1.54, 1.807) is 11.3 Å². The quantitative estimate of drug-likeness (QED) is 0.406. The summed E-state index contributed by atoms with van der Waals surface area (Å²) in [7, 11) is 0. The van der Waals surface area contributed by atoms with E-state index in [1.807, 2.05) is 48.7 Å². The molecule has 4 rings (SSSR count). The van der Waals surface area contributed by atoms with Gasteiger partial charge in [-0.1, -0.05) is 35.5 Å². The Kier molecular flexibility index (Phi) is 6.82. The molecule has 3 aromatic rings. The van der Waals surface area contributed by atoms with Crippen LogP contribution in [0.25, 0.3) is 10.2 Å². The van der Waals surface area contributed by atoms with Gasteiger partial charge in [0.15, 0.2) is 4.34 Å². The molecule has 0 saturated carbocycles. The van der Waals surface area contributed by atoms with Gasteiger partial charge in [0.25, 0.3) is 0 Å². The SMILES string of the molecule is O=C(CSc1nc2ccc(N=Cc3ccc(Cl)cc3)cc2s1)NC[C@H]1CCCO1. The number of fused-ring (bicyclic) bond motifs is 1. The first-order valence-corrected chi connectivity index (χ1v) is 11.5. The van der Waals surface area contributed by atoms with Crippen LogP contribution in [0.15, 0.2) is 51.8 Å². The van der Waals surface area contributed by atoms with Gasteiger partial charge in [0.1, 0.15) is 0 Å². The fourth-order valence-corrected chi connectivity index (χ4v) is 5.00. The summed E-state index contributed by atoms with van der Waals surface area (Å²) < 4.78 is 7.46. The fourth-order valence-electron chi connectivity index (χ4n) is 2.94. The maximum atomic E-state index is 12.0. The molecule has 5 nitrogen and oxygen atoms in total. The maximum absolute atomic E-state index is 12.0. The van der Waals surface area contributed by atoms with Crippen molar-refractivity contribution in [3.63, 3.8) is 0 Å². The second-order valence-corrected chi connectivity index (χ2v) is 9.36. The molecular formula is C21H20ClN3O2S2. The van der Waals surface area contributed by atoms with Crippen molar-refractivity contribution in [3.8, 4) is 0 Å². The predicted molar refractivity (Wildman–Crippen MR) is 121 cm³/mol. The van der Waals surface area contributed by atoms with E-state index in [0.29, 0.717) is 17.3 Å². The summed E-state index contributed by atoms with van der Waals surface area (Å²) in [5.74, 6) is 0.367. The molecule has 29 heavy (non-hydrogen) atoms. The molecule has 0 spiro atoms. The van der Waals surface area contributed by atoms with Crippen LogP contribution in [0.1, 0.15) is 18.4 Å². The topological polar surface area (TPSA) is 63.6 Å². The Morgan fingerprint density at radius 3 is 3.00 bits per heavy atom. The second kappa shape index (κ2) is 9.71. The molecule has 0 aliphatic carbocycles. The molecule has 1 aliphatic heterocycles. The van der Waals surface area contributed by atoms with E-state index in [4.69, 9.17) is 16.3 Å². The summed E-state index contributed by atoms with van der Waals surface area (Å²) >= 11 is 8.94. The smallest absolute Gasteiger partial charge is 0.230 e. The average Bonchev–Trinajstić information content (AvgIpc) is 3.39. The van der Waals surface area contributed by atoms with E-state index in [-0.39, 0.29) is 12.0 Å². The van der Waals surface area contributed by atoms with Crippen LogP contribution in [0.3, 0.4) is 0 Å². The minimum atomic E-state index is 0.0120. The highest BCUT2D eigenvalue weighted by Crippen LogP contribution is 2.32. The molecule has 0 bridgehead atoms. The summed E-state index contributed by atoms with van der Waals surface area (Å²) in [6.45, 7) is 1.39. The van der Waals surface area contributed by atoms with Crippen LogP contribution in [-0.4, -0.2) is 42.1 Å². The van der Waals surface area contributed by atoms with Crippen LogP contribution in [0.2, 0.25) is 5.02 Å². The van der Waals surface area contributed by atoms with Crippen molar-refractivity contribution in [2.45, 2.75) is 23.3 Å². The highest BCUT2D eigenvalue weighted by Gasteiger charge is 2.16. The Bertz CT molecular complexity index is 1010. The van der Waals surface area contributed by atoms with E-state index in [2.05, 4.69) is 15.3 Å². The van der Waals surface area contributed by atoms with E-state index in [1.165, 1.54) is 11.8 Å². The number of ether oxygens (including phenoxy) is 1. The molecule has 8 heteroatoms. The zero-order valence-electron chi connectivity index (χ0n) is 15.6. The van der Waals surface area contributed by atoms with E-state index < -0.39 is 0 Å². The van der Waals surface area contributed by atoms with E-state index in [9.17, 15) is 4.79 Å². The lowest BCUT2D eigenvalue weighted by Crippen LogP contribution is -2.32. The van der Waals surface area contributed by atoms with Gasteiger partial charge in [0.05, 0.1) is 27.8 Å². The fraction of sp³-hybridized carbons (Fsp3) is 0.286. The molecule has 1 aliphatic rings. The zero-order chi connectivity index (χ0) is 20.1. The van der Waals surface area contributed by atoms with Gasteiger partial charge in [-0.2, -0.15) is 0 Å². The molecule has 1 amide bonds. The first-order valence-electron chi connectivity index (χ1n) is 9.37. The molecule has 150 valence electrons. The summed E-state index contributed by atoms with van der Waals surface area (Å²) in [5, 5.41) is 3.65. The third-order valence-electron chi connectivity index (χ3n) is 4.46. The van der Waals surface area contributed by atoms with Crippen molar-refractivity contribution in [2.75, 3.05) is 18.9 Å². The number of benzene rings is 2. The molecule has 1 saturated heterocycles. The van der Waals surface area contributed by atoms with Crippen LogP contribution in [0, 0.1) is 0 Å². The largest absolute Gasteiger partial charge is 0.376 e. The lowest BCUT2D eigenvalue weighted by atomic mass is 10.2. The molecular weight excluding hydrogens is 426 g/mol. The van der Waals surface area contributed by atoms with Crippen molar-refractivity contribution >= 4 is 62.7 Å².